The fraction of sp³-hybridized carbons (Fsp3) is 0.448. The smallest absolute Gasteiger partial charge is 0.397 e. The Bertz CT molecular complexity index is 1280. The molecule has 2 aromatic carbocycles. The van der Waals surface area contributed by atoms with E-state index in [1.807, 2.05) is 0 Å². The Morgan fingerprint density at radius 3 is 2.05 bits per heavy atom. The average molecular weight is 615 g/mol. The molecular weight excluding hydrogens is 580 g/mol. The highest BCUT2D eigenvalue weighted by molar-refractivity contribution is 6.32. The Morgan fingerprint density at radius 1 is 0.930 bits per heavy atom. The molecule has 10 nitrogen and oxygen atoms in total. The highest BCUT2D eigenvalue weighted by Gasteiger charge is 2.33. The van der Waals surface area contributed by atoms with Gasteiger partial charge in [0.15, 0.2) is 17.4 Å². The maximum absolute atomic E-state index is 14.0. The van der Waals surface area contributed by atoms with Gasteiger partial charge in [-0.05, 0) is 32.3 Å². The molecule has 0 spiro atoms. The number of carbonyl (C=O) groups excluding carboxylic acids is 4. The van der Waals surface area contributed by atoms with Crippen molar-refractivity contribution in [3.05, 3.63) is 65.2 Å². The second kappa shape index (κ2) is 15.3. The Hall–Kier alpha value is -4.20. The average Bonchev–Trinajstić information content (AvgIpc) is 2.92. The van der Waals surface area contributed by atoms with Crippen LogP contribution in [0.3, 0.4) is 0 Å². The normalized spacial score (nSPS) is 13.5. The molecule has 3 atom stereocenters. The summed E-state index contributed by atoms with van der Waals surface area (Å²) in [6.07, 6.45) is -2.57. The van der Waals surface area contributed by atoms with Gasteiger partial charge >= 0.3 is 17.8 Å². The van der Waals surface area contributed by atoms with Crippen LogP contribution < -0.4 is 15.4 Å². The number of halogens is 4. The number of ether oxygens (including phenoxy) is 3. The Labute approximate surface area is 245 Å². The van der Waals surface area contributed by atoms with Crippen molar-refractivity contribution in [2.24, 2.45) is 5.92 Å². The van der Waals surface area contributed by atoms with Gasteiger partial charge in [0.25, 0.3) is 0 Å². The van der Waals surface area contributed by atoms with Crippen molar-refractivity contribution in [3.63, 3.8) is 0 Å². The fourth-order valence-corrected chi connectivity index (χ4v) is 3.61. The lowest BCUT2D eigenvalue weighted by molar-refractivity contribution is -0.157. The number of carbonyl (C=O) groups is 4. The minimum Gasteiger partial charge on any atom is -0.485 e. The third-order valence-electron chi connectivity index (χ3n) is 5.70. The topological polar surface area (TPSA) is 140 Å². The number of hydrogen-bond donors (Lipinski definition) is 3. The fourth-order valence-electron chi connectivity index (χ4n) is 3.61. The van der Waals surface area contributed by atoms with E-state index in [-0.39, 0.29) is 12.7 Å². The lowest BCUT2D eigenvalue weighted by Gasteiger charge is -2.29. The van der Waals surface area contributed by atoms with Crippen molar-refractivity contribution in [2.75, 3.05) is 6.61 Å². The van der Waals surface area contributed by atoms with Crippen LogP contribution in [0.2, 0.25) is 0 Å². The molecule has 0 aliphatic rings. The lowest BCUT2D eigenvalue weighted by Crippen LogP contribution is -2.56. The van der Waals surface area contributed by atoms with E-state index in [0.29, 0.717) is 5.56 Å². The van der Waals surface area contributed by atoms with Crippen molar-refractivity contribution < 1.29 is 56.1 Å². The number of rotatable bonds is 12. The standard InChI is InChI=1S/C29H34F4N2O8/c1-15(2)24(35-27(39)28(40)42-13-16-9-7-6-8-10-16)26(38)34-19(12-21(37)43-29(3,4)5)20(36)14-41-25-22(32)17(30)11-18(31)23(25)33/h6-11,15,19-20,24,36H,12-14H2,1-5H3,(H,34,38)(H,35,39)/t19?,20?,24-/m0/s1. The second-order valence-corrected chi connectivity index (χ2v) is 10.8. The van der Waals surface area contributed by atoms with E-state index in [1.54, 1.807) is 51.1 Å². The van der Waals surface area contributed by atoms with Gasteiger partial charge in [-0.3, -0.25) is 14.4 Å². The van der Waals surface area contributed by atoms with Crippen molar-refractivity contribution >= 4 is 23.8 Å². The summed E-state index contributed by atoms with van der Waals surface area (Å²) >= 11 is 0. The van der Waals surface area contributed by atoms with Crippen LogP contribution in [-0.4, -0.2) is 59.3 Å². The molecular formula is C29H34F4N2O8. The Morgan fingerprint density at radius 2 is 1.51 bits per heavy atom. The van der Waals surface area contributed by atoms with E-state index in [9.17, 15) is 41.8 Å². The zero-order chi connectivity index (χ0) is 32.5. The molecule has 0 bridgehead atoms. The van der Waals surface area contributed by atoms with E-state index < -0.39 is 95.5 Å². The number of aliphatic hydroxyl groups is 1. The molecule has 0 fully saturated rings. The van der Waals surface area contributed by atoms with Crippen LogP contribution in [0, 0.1) is 29.2 Å². The first-order valence-corrected chi connectivity index (χ1v) is 13.2. The van der Waals surface area contributed by atoms with Crippen LogP contribution in [0.1, 0.15) is 46.6 Å². The highest BCUT2D eigenvalue weighted by atomic mass is 19.2. The Balaban J connectivity index is 2.18. The van der Waals surface area contributed by atoms with Gasteiger partial charge in [0.2, 0.25) is 17.5 Å². The summed E-state index contributed by atoms with van der Waals surface area (Å²) in [6, 6.07) is 5.55. The molecule has 0 radical (unpaired) electrons. The molecule has 0 aromatic heterocycles. The first-order valence-electron chi connectivity index (χ1n) is 13.2. The summed E-state index contributed by atoms with van der Waals surface area (Å²) in [5, 5.41) is 15.3. The minimum absolute atomic E-state index is 0.0305. The highest BCUT2D eigenvalue weighted by Crippen LogP contribution is 2.27. The Kier molecular flexibility index (Phi) is 12.5. The summed E-state index contributed by atoms with van der Waals surface area (Å²) in [5.74, 6) is -13.7. The molecule has 14 heteroatoms. The first kappa shape index (κ1) is 35.0. The van der Waals surface area contributed by atoms with Crippen LogP contribution >= 0.6 is 0 Å². The van der Waals surface area contributed by atoms with E-state index in [4.69, 9.17) is 14.2 Å². The van der Waals surface area contributed by atoms with Crippen LogP contribution in [-0.2, 0) is 35.3 Å². The van der Waals surface area contributed by atoms with Gasteiger partial charge in [-0.2, -0.15) is 8.78 Å². The molecule has 0 saturated heterocycles. The van der Waals surface area contributed by atoms with Gasteiger partial charge < -0.3 is 30.0 Å². The molecule has 236 valence electrons. The van der Waals surface area contributed by atoms with Gasteiger partial charge in [-0.1, -0.05) is 44.2 Å². The molecule has 2 amide bonds. The predicted molar refractivity (Wildman–Crippen MR) is 143 cm³/mol. The van der Waals surface area contributed by atoms with Gasteiger partial charge in [0, 0.05) is 6.07 Å². The predicted octanol–water partition coefficient (Wildman–Crippen LogP) is 3.08. The van der Waals surface area contributed by atoms with Crippen LogP contribution in [0.25, 0.3) is 0 Å². The monoisotopic (exact) mass is 614 g/mol. The summed E-state index contributed by atoms with van der Waals surface area (Å²) in [7, 11) is 0. The molecule has 43 heavy (non-hydrogen) atoms. The maximum atomic E-state index is 14.0. The number of hydrogen-bond acceptors (Lipinski definition) is 8. The summed E-state index contributed by atoms with van der Waals surface area (Å²) < 4.78 is 70.1. The lowest BCUT2D eigenvalue weighted by atomic mass is 10.0. The van der Waals surface area contributed by atoms with Gasteiger partial charge in [0.05, 0.1) is 12.5 Å². The van der Waals surface area contributed by atoms with E-state index in [0.717, 1.165) is 0 Å². The summed E-state index contributed by atoms with van der Waals surface area (Å²) in [5.41, 5.74) is -0.351. The first-order chi connectivity index (χ1) is 20.0. The number of nitrogens with one attached hydrogen (secondary N) is 2. The maximum Gasteiger partial charge on any atom is 0.397 e. The molecule has 0 heterocycles. The molecule has 0 aliphatic carbocycles. The molecule has 0 saturated carbocycles. The van der Waals surface area contributed by atoms with E-state index >= 15 is 0 Å². The molecule has 3 N–H and O–H groups in total. The molecule has 2 unspecified atom stereocenters. The van der Waals surface area contributed by atoms with Crippen molar-refractivity contribution in [1.29, 1.82) is 0 Å². The number of amides is 2. The minimum atomic E-state index is -1.89. The van der Waals surface area contributed by atoms with E-state index in [1.165, 1.54) is 13.8 Å². The largest absolute Gasteiger partial charge is 0.485 e. The third kappa shape index (κ3) is 10.9. The van der Waals surface area contributed by atoms with Gasteiger partial charge in [0.1, 0.15) is 31.0 Å². The molecule has 0 aliphatic heterocycles. The zero-order valence-corrected chi connectivity index (χ0v) is 24.2. The van der Waals surface area contributed by atoms with Crippen LogP contribution in [0.15, 0.2) is 36.4 Å². The summed E-state index contributed by atoms with van der Waals surface area (Å²) in [4.78, 5) is 50.4. The van der Waals surface area contributed by atoms with Crippen molar-refractivity contribution in [2.45, 2.75) is 71.4 Å². The zero-order valence-electron chi connectivity index (χ0n) is 24.2. The third-order valence-corrected chi connectivity index (χ3v) is 5.70. The SMILES string of the molecule is CC(C)[C@H](NC(=O)C(=O)OCc1ccccc1)C(=O)NC(CC(=O)OC(C)(C)C)C(O)COc1c(F)c(F)cc(F)c1F. The van der Waals surface area contributed by atoms with Crippen molar-refractivity contribution in [1.82, 2.24) is 10.6 Å². The van der Waals surface area contributed by atoms with Gasteiger partial charge in [-0.25, -0.2) is 13.6 Å². The number of benzene rings is 2. The van der Waals surface area contributed by atoms with Crippen LogP contribution in [0.4, 0.5) is 17.6 Å². The van der Waals surface area contributed by atoms with Crippen molar-refractivity contribution in [3.8, 4) is 5.75 Å². The quantitative estimate of drug-likeness (QED) is 0.144. The second-order valence-electron chi connectivity index (χ2n) is 10.8. The number of esters is 2. The molecule has 2 rings (SSSR count). The van der Waals surface area contributed by atoms with Gasteiger partial charge in [-0.15, -0.1) is 0 Å². The number of aliphatic hydroxyl groups excluding tert-OH is 1. The molecule has 2 aromatic rings. The van der Waals surface area contributed by atoms with Crippen LogP contribution in [0.5, 0.6) is 5.75 Å². The summed E-state index contributed by atoms with van der Waals surface area (Å²) in [6.45, 7) is 6.51. The van der Waals surface area contributed by atoms with E-state index in [2.05, 4.69) is 10.6 Å².